The summed E-state index contributed by atoms with van der Waals surface area (Å²) >= 11 is 1.67. The lowest BCUT2D eigenvalue weighted by Gasteiger charge is -2.24. The molecule has 1 atom stereocenters. The number of ether oxygens (including phenoxy) is 1. The standard InChI is InChI=1S/C17H22N2O2S/c1-19(2)15(14-8-9-22-12-14)11-18-17(20)10-13-6-4-5-7-16(13)21-3/h4-9,12,15H,10-11H2,1-3H3,(H,18,20). The van der Waals surface area contributed by atoms with Crippen LogP contribution in [0.4, 0.5) is 0 Å². The van der Waals surface area contributed by atoms with Crippen LogP contribution in [0.1, 0.15) is 17.2 Å². The molecule has 0 saturated heterocycles. The second-order valence-electron chi connectivity index (χ2n) is 5.33. The van der Waals surface area contributed by atoms with E-state index in [4.69, 9.17) is 4.74 Å². The first kappa shape index (κ1) is 16.5. The average Bonchev–Trinajstić information content (AvgIpc) is 3.01. The van der Waals surface area contributed by atoms with E-state index >= 15 is 0 Å². The predicted molar refractivity (Wildman–Crippen MR) is 90.5 cm³/mol. The molecule has 2 rings (SSSR count). The van der Waals surface area contributed by atoms with E-state index in [2.05, 4.69) is 27.0 Å². The normalized spacial score (nSPS) is 12.2. The summed E-state index contributed by atoms with van der Waals surface area (Å²) in [5, 5.41) is 7.20. The molecule has 0 aliphatic rings. The number of benzene rings is 1. The maximum Gasteiger partial charge on any atom is 0.224 e. The van der Waals surface area contributed by atoms with Gasteiger partial charge in [-0.05, 0) is 42.6 Å². The highest BCUT2D eigenvalue weighted by atomic mass is 32.1. The summed E-state index contributed by atoms with van der Waals surface area (Å²) < 4.78 is 5.28. The van der Waals surface area contributed by atoms with Crippen LogP contribution in [0.25, 0.3) is 0 Å². The number of likely N-dealkylation sites (N-methyl/N-ethyl adjacent to an activating group) is 1. The number of hydrogen-bond acceptors (Lipinski definition) is 4. The molecule has 0 saturated carbocycles. The Bertz CT molecular complexity index is 596. The van der Waals surface area contributed by atoms with Gasteiger partial charge in [-0.3, -0.25) is 4.79 Å². The maximum atomic E-state index is 12.2. The number of hydrogen-bond donors (Lipinski definition) is 1. The third kappa shape index (κ3) is 4.32. The van der Waals surface area contributed by atoms with E-state index in [1.807, 2.05) is 38.4 Å². The minimum Gasteiger partial charge on any atom is -0.496 e. The molecule has 0 radical (unpaired) electrons. The van der Waals surface area contributed by atoms with Crippen LogP contribution in [0.2, 0.25) is 0 Å². The molecule has 0 aliphatic heterocycles. The van der Waals surface area contributed by atoms with E-state index in [1.165, 1.54) is 5.56 Å². The van der Waals surface area contributed by atoms with Crippen molar-refractivity contribution in [2.75, 3.05) is 27.7 Å². The molecule has 1 heterocycles. The van der Waals surface area contributed by atoms with Gasteiger partial charge in [-0.1, -0.05) is 18.2 Å². The van der Waals surface area contributed by atoms with Crippen molar-refractivity contribution in [1.82, 2.24) is 10.2 Å². The van der Waals surface area contributed by atoms with Crippen LogP contribution in [0.3, 0.4) is 0 Å². The highest BCUT2D eigenvalue weighted by molar-refractivity contribution is 7.07. The Morgan fingerprint density at radius 1 is 1.32 bits per heavy atom. The van der Waals surface area contributed by atoms with Gasteiger partial charge >= 0.3 is 0 Å². The summed E-state index contributed by atoms with van der Waals surface area (Å²) in [7, 11) is 5.67. The molecule has 118 valence electrons. The number of thiophene rings is 1. The lowest BCUT2D eigenvalue weighted by molar-refractivity contribution is -0.120. The molecule has 4 nitrogen and oxygen atoms in total. The molecule has 2 aromatic rings. The monoisotopic (exact) mass is 318 g/mol. The first-order valence-electron chi connectivity index (χ1n) is 7.19. The summed E-state index contributed by atoms with van der Waals surface area (Å²) in [6.07, 6.45) is 0.327. The first-order valence-corrected chi connectivity index (χ1v) is 8.13. The van der Waals surface area contributed by atoms with E-state index in [0.29, 0.717) is 13.0 Å². The summed E-state index contributed by atoms with van der Waals surface area (Å²) in [6.45, 7) is 0.595. The van der Waals surface area contributed by atoms with Gasteiger partial charge < -0.3 is 15.0 Å². The molecular weight excluding hydrogens is 296 g/mol. The number of nitrogens with zero attached hydrogens (tertiary/aromatic N) is 1. The molecule has 22 heavy (non-hydrogen) atoms. The van der Waals surface area contributed by atoms with E-state index < -0.39 is 0 Å². The highest BCUT2D eigenvalue weighted by Crippen LogP contribution is 2.20. The molecule has 0 aliphatic carbocycles. The molecule has 1 aromatic heterocycles. The van der Waals surface area contributed by atoms with Gasteiger partial charge in [-0.15, -0.1) is 0 Å². The van der Waals surface area contributed by atoms with Crippen molar-refractivity contribution >= 4 is 17.2 Å². The van der Waals surface area contributed by atoms with Crippen LogP contribution in [0, 0.1) is 0 Å². The molecule has 0 spiro atoms. The Labute approximate surface area is 135 Å². The average molecular weight is 318 g/mol. The van der Waals surface area contributed by atoms with E-state index in [9.17, 15) is 4.79 Å². The van der Waals surface area contributed by atoms with Crippen LogP contribution >= 0.6 is 11.3 Å². The van der Waals surface area contributed by atoms with Gasteiger partial charge in [0, 0.05) is 12.1 Å². The lowest BCUT2D eigenvalue weighted by atomic mass is 10.1. The van der Waals surface area contributed by atoms with Gasteiger partial charge in [0.1, 0.15) is 5.75 Å². The number of nitrogens with one attached hydrogen (secondary N) is 1. The van der Waals surface area contributed by atoms with Crippen molar-refractivity contribution < 1.29 is 9.53 Å². The summed E-state index contributed by atoms with van der Waals surface area (Å²) in [5.41, 5.74) is 2.13. The minimum atomic E-state index is 0.00609. The van der Waals surface area contributed by atoms with Gasteiger partial charge in [0.2, 0.25) is 5.91 Å². The first-order chi connectivity index (χ1) is 10.6. The fourth-order valence-electron chi connectivity index (χ4n) is 2.36. The zero-order valence-corrected chi connectivity index (χ0v) is 14.0. The van der Waals surface area contributed by atoms with Gasteiger partial charge in [0.25, 0.3) is 0 Å². The second-order valence-corrected chi connectivity index (χ2v) is 6.11. The van der Waals surface area contributed by atoms with Crippen LogP contribution in [0.15, 0.2) is 41.1 Å². The molecule has 1 unspecified atom stereocenters. The molecule has 1 N–H and O–H groups in total. The van der Waals surface area contributed by atoms with Gasteiger partial charge in [-0.2, -0.15) is 11.3 Å². The zero-order valence-electron chi connectivity index (χ0n) is 13.2. The van der Waals surface area contributed by atoms with E-state index in [1.54, 1.807) is 18.4 Å². The number of carbonyl (C=O) groups is 1. The van der Waals surface area contributed by atoms with Gasteiger partial charge in [0.05, 0.1) is 19.6 Å². The highest BCUT2D eigenvalue weighted by Gasteiger charge is 2.16. The number of carbonyl (C=O) groups excluding carboxylic acids is 1. The second kappa shape index (κ2) is 7.96. The number of rotatable bonds is 7. The smallest absolute Gasteiger partial charge is 0.224 e. The Kier molecular flexibility index (Phi) is 5.98. The Morgan fingerprint density at radius 2 is 2.09 bits per heavy atom. The molecule has 1 amide bonds. The third-order valence-corrected chi connectivity index (χ3v) is 4.29. The predicted octanol–water partition coefficient (Wildman–Crippen LogP) is 2.72. The van der Waals surface area contributed by atoms with Crippen LogP contribution in [0.5, 0.6) is 5.75 Å². The maximum absolute atomic E-state index is 12.2. The van der Waals surface area contributed by atoms with Crippen molar-refractivity contribution in [1.29, 1.82) is 0 Å². The Hall–Kier alpha value is -1.85. The van der Waals surface area contributed by atoms with Crippen LogP contribution < -0.4 is 10.1 Å². The largest absolute Gasteiger partial charge is 0.496 e. The van der Waals surface area contributed by atoms with Crippen molar-refractivity contribution in [3.8, 4) is 5.75 Å². The summed E-state index contributed by atoms with van der Waals surface area (Å²) in [5.74, 6) is 0.756. The Balaban J connectivity index is 1.94. The Morgan fingerprint density at radius 3 is 2.73 bits per heavy atom. The minimum absolute atomic E-state index is 0.00609. The van der Waals surface area contributed by atoms with E-state index in [-0.39, 0.29) is 11.9 Å². The SMILES string of the molecule is COc1ccccc1CC(=O)NCC(c1ccsc1)N(C)C. The van der Waals surface area contributed by atoms with Gasteiger partial charge in [-0.25, -0.2) is 0 Å². The fourth-order valence-corrected chi connectivity index (χ4v) is 3.07. The molecule has 1 aromatic carbocycles. The van der Waals surface area contributed by atoms with Crippen LogP contribution in [-0.4, -0.2) is 38.6 Å². The quantitative estimate of drug-likeness (QED) is 0.853. The van der Waals surface area contributed by atoms with Gasteiger partial charge in [0.15, 0.2) is 0 Å². The summed E-state index contributed by atoms with van der Waals surface area (Å²) in [4.78, 5) is 14.3. The third-order valence-electron chi connectivity index (χ3n) is 3.59. The number of para-hydroxylation sites is 1. The lowest BCUT2D eigenvalue weighted by Crippen LogP contribution is -2.35. The van der Waals surface area contributed by atoms with Crippen LogP contribution in [-0.2, 0) is 11.2 Å². The number of amides is 1. The molecule has 0 fully saturated rings. The fraction of sp³-hybridized carbons (Fsp3) is 0.353. The van der Waals surface area contributed by atoms with Crippen molar-refractivity contribution in [3.63, 3.8) is 0 Å². The molecule has 0 bridgehead atoms. The zero-order chi connectivity index (χ0) is 15.9. The van der Waals surface area contributed by atoms with Crippen molar-refractivity contribution in [3.05, 3.63) is 52.2 Å². The molecule has 5 heteroatoms. The van der Waals surface area contributed by atoms with Crippen molar-refractivity contribution in [2.45, 2.75) is 12.5 Å². The topological polar surface area (TPSA) is 41.6 Å². The molecular formula is C17H22N2O2S. The van der Waals surface area contributed by atoms with Crippen molar-refractivity contribution in [2.24, 2.45) is 0 Å². The van der Waals surface area contributed by atoms with E-state index in [0.717, 1.165) is 11.3 Å². The number of methoxy groups -OCH3 is 1. The summed E-state index contributed by atoms with van der Waals surface area (Å²) in [6, 6.07) is 9.89.